The summed E-state index contributed by atoms with van der Waals surface area (Å²) in [6.45, 7) is 5.60. The maximum absolute atomic E-state index is 6.12. The zero-order valence-corrected chi connectivity index (χ0v) is 11.0. The number of rotatable bonds is 4. The van der Waals surface area contributed by atoms with Crippen LogP contribution < -0.4 is 5.32 Å². The van der Waals surface area contributed by atoms with Gasteiger partial charge in [-0.25, -0.2) is 9.97 Å². The normalized spacial score (nSPS) is 19.6. The van der Waals surface area contributed by atoms with Crippen molar-refractivity contribution in [1.29, 1.82) is 0 Å². The van der Waals surface area contributed by atoms with Crippen LogP contribution in [-0.2, 0) is 11.2 Å². The third-order valence-corrected chi connectivity index (χ3v) is 3.24. The lowest BCUT2D eigenvalue weighted by molar-refractivity contribution is 0.195. The van der Waals surface area contributed by atoms with E-state index in [0.717, 1.165) is 49.7 Å². The molecule has 0 amide bonds. The second-order valence-electron chi connectivity index (χ2n) is 4.36. The molecule has 0 aromatic carbocycles. The van der Waals surface area contributed by atoms with Crippen molar-refractivity contribution in [2.45, 2.75) is 39.2 Å². The van der Waals surface area contributed by atoms with Crippen molar-refractivity contribution in [3.8, 4) is 0 Å². The van der Waals surface area contributed by atoms with E-state index < -0.39 is 0 Å². The fourth-order valence-electron chi connectivity index (χ4n) is 1.85. The Bertz CT molecular complexity index is 392. The Balaban J connectivity index is 2.18. The van der Waals surface area contributed by atoms with Crippen molar-refractivity contribution < 1.29 is 4.74 Å². The van der Waals surface area contributed by atoms with Crippen molar-refractivity contribution >= 4 is 17.4 Å². The van der Waals surface area contributed by atoms with Crippen LogP contribution in [0.2, 0.25) is 5.15 Å². The highest BCUT2D eigenvalue weighted by atomic mass is 35.5. The molecule has 0 saturated carbocycles. The van der Waals surface area contributed by atoms with Gasteiger partial charge in [0.2, 0.25) is 0 Å². The van der Waals surface area contributed by atoms with Crippen molar-refractivity contribution in [3.05, 3.63) is 16.5 Å². The zero-order chi connectivity index (χ0) is 12.3. The summed E-state index contributed by atoms with van der Waals surface area (Å²) < 4.78 is 5.34. The van der Waals surface area contributed by atoms with Gasteiger partial charge in [0.15, 0.2) is 0 Å². The summed E-state index contributed by atoms with van der Waals surface area (Å²) in [4.78, 5) is 8.80. The summed E-state index contributed by atoms with van der Waals surface area (Å²) in [5, 5.41) is 3.93. The first-order chi connectivity index (χ1) is 8.20. The third kappa shape index (κ3) is 3.07. The number of halogens is 1. The van der Waals surface area contributed by atoms with Crippen LogP contribution in [0.3, 0.4) is 0 Å². The SMILES string of the molecule is CCCc1nc(Cl)c(C)c(NC2CCOC2)n1. The topological polar surface area (TPSA) is 47.0 Å². The summed E-state index contributed by atoms with van der Waals surface area (Å²) in [5.74, 6) is 1.66. The number of hydrogen-bond donors (Lipinski definition) is 1. The highest BCUT2D eigenvalue weighted by molar-refractivity contribution is 6.30. The van der Waals surface area contributed by atoms with Gasteiger partial charge in [0.1, 0.15) is 16.8 Å². The zero-order valence-electron chi connectivity index (χ0n) is 10.3. The third-order valence-electron chi connectivity index (χ3n) is 2.88. The molecule has 1 aromatic heterocycles. The molecule has 1 saturated heterocycles. The van der Waals surface area contributed by atoms with E-state index in [2.05, 4.69) is 22.2 Å². The van der Waals surface area contributed by atoms with Crippen LogP contribution in [0.1, 0.15) is 31.2 Å². The van der Waals surface area contributed by atoms with Crippen LogP contribution in [-0.4, -0.2) is 29.2 Å². The molecule has 17 heavy (non-hydrogen) atoms. The van der Waals surface area contributed by atoms with E-state index in [9.17, 15) is 0 Å². The van der Waals surface area contributed by atoms with Crippen molar-refractivity contribution in [2.24, 2.45) is 0 Å². The van der Waals surface area contributed by atoms with Crippen LogP contribution in [0.5, 0.6) is 0 Å². The Morgan fingerprint density at radius 1 is 1.47 bits per heavy atom. The molecule has 1 aliphatic heterocycles. The van der Waals surface area contributed by atoms with Crippen molar-refractivity contribution in [2.75, 3.05) is 18.5 Å². The van der Waals surface area contributed by atoms with Crippen molar-refractivity contribution in [1.82, 2.24) is 9.97 Å². The molecule has 0 aliphatic carbocycles. The molecule has 1 N–H and O–H groups in total. The lowest BCUT2D eigenvalue weighted by Crippen LogP contribution is -2.21. The number of hydrogen-bond acceptors (Lipinski definition) is 4. The molecule has 2 heterocycles. The van der Waals surface area contributed by atoms with Gasteiger partial charge < -0.3 is 10.1 Å². The van der Waals surface area contributed by atoms with E-state index >= 15 is 0 Å². The van der Waals surface area contributed by atoms with E-state index in [-0.39, 0.29) is 0 Å². The van der Waals surface area contributed by atoms with Crippen molar-refractivity contribution in [3.63, 3.8) is 0 Å². The lowest BCUT2D eigenvalue weighted by atomic mass is 10.2. The van der Waals surface area contributed by atoms with E-state index in [0.29, 0.717) is 11.2 Å². The van der Waals surface area contributed by atoms with E-state index in [4.69, 9.17) is 16.3 Å². The Hall–Kier alpha value is -0.870. The average Bonchev–Trinajstić information content (AvgIpc) is 2.78. The molecule has 1 aliphatic rings. The number of anilines is 1. The standard InChI is InChI=1S/C12H18ClN3O/c1-3-4-10-15-11(13)8(2)12(16-10)14-9-5-6-17-7-9/h9H,3-7H2,1-2H3,(H,14,15,16). The Morgan fingerprint density at radius 3 is 2.94 bits per heavy atom. The van der Waals surface area contributed by atoms with Gasteiger partial charge in [-0.3, -0.25) is 0 Å². The van der Waals surface area contributed by atoms with Gasteiger partial charge in [-0.1, -0.05) is 18.5 Å². The Labute approximate surface area is 107 Å². The predicted octanol–water partition coefficient (Wildman–Crippen LogP) is 2.59. The fraction of sp³-hybridized carbons (Fsp3) is 0.667. The summed E-state index contributed by atoms with van der Waals surface area (Å²) in [7, 11) is 0. The van der Waals surface area contributed by atoms with E-state index in [1.165, 1.54) is 0 Å². The molecule has 1 aromatic rings. The summed E-state index contributed by atoms with van der Waals surface area (Å²) in [5.41, 5.74) is 0.915. The maximum Gasteiger partial charge on any atom is 0.137 e. The number of nitrogens with zero attached hydrogens (tertiary/aromatic N) is 2. The molecule has 1 unspecified atom stereocenters. The summed E-state index contributed by atoms with van der Waals surface area (Å²) >= 11 is 6.12. The molecule has 0 radical (unpaired) electrons. The minimum atomic E-state index is 0.342. The highest BCUT2D eigenvalue weighted by Crippen LogP contribution is 2.22. The van der Waals surface area contributed by atoms with Crippen LogP contribution in [0, 0.1) is 6.92 Å². The smallest absolute Gasteiger partial charge is 0.137 e. The van der Waals surface area contributed by atoms with Crippen LogP contribution >= 0.6 is 11.6 Å². The lowest BCUT2D eigenvalue weighted by Gasteiger charge is -2.15. The van der Waals surface area contributed by atoms with Gasteiger partial charge in [-0.15, -0.1) is 0 Å². The molecule has 2 rings (SSSR count). The first-order valence-electron chi connectivity index (χ1n) is 6.08. The van der Waals surface area contributed by atoms with Gasteiger partial charge in [0.05, 0.1) is 12.6 Å². The van der Waals surface area contributed by atoms with Gasteiger partial charge >= 0.3 is 0 Å². The maximum atomic E-state index is 6.12. The Kier molecular flexibility index (Phi) is 4.18. The van der Waals surface area contributed by atoms with Gasteiger partial charge in [0.25, 0.3) is 0 Å². The second-order valence-corrected chi connectivity index (χ2v) is 4.72. The molecule has 4 nitrogen and oxygen atoms in total. The quantitative estimate of drug-likeness (QED) is 0.840. The number of nitrogens with one attached hydrogen (secondary N) is 1. The van der Waals surface area contributed by atoms with Crippen LogP contribution in [0.15, 0.2) is 0 Å². The minimum absolute atomic E-state index is 0.342. The molecule has 1 atom stereocenters. The van der Waals surface area contributed by atoms with Gasteiger partial charge in [-0.2, -0.15) is 0 Å². The molecule has 1 fully saturated rings. The minimum Gasteiger partial charge on any atom is -0.379 e. The number of aromatic nitrogens is 2. The largest absolute Gasteiger partial charge is 0.379 e. The molecule has 0 spiro atoms. The predicted molar refractivity (Wildman–Crippen MR) is 68.6 cm³/mol. The first kappa shape index (κ1) is 12.6. The Morgan fingerprint density at radius 2 is 2.29 bits per heavy atom. The molecular formula is C12H18ClN3O. The average molecular weight is 256 g/mol. The van der Waals surface area contributed by atoms with Crippen LogP contribution in [0.25, 0.3) is 0 Å². The second kappa shape index (κ2) is 5.65. The number of ether oxygens (including phenoxy) is 1. The van der Waals surface area contributed by atoms with E-state index in [1.807, 2.05) is 6.92 Å². The number of aryl methyl sites for hydroxylation is 1. The molecular weight excluding hydrogens is 238 g/mol. The monoisotopic (exact) mass is 255 g/mol. The molecule has 94 valence electrons. The van der Waals surface area contributed by atoms with Gasteiger partial charge in [-0.05, 0) is 19.8 Å². The molecule has 5 heteroatoms. The highest BCUT2D eigenvalue weighted by Gasteiger charge is 2.18. The fourth-order valence-corrected chi connectivity index (χ4v) is 2.04. The summed E-state index contributed by atoms with van der Waals surface area (Å²) in [6, 6.07) is 0.342. The summed E-state index contributed by atoms with van der Waals surface area (Å²) in [6.07, 6.45) is 2.89. The van der Waals surface area contributed by atoms with Gasteiger partial charge in [0, 0.05) is 18.6 Å². The molecule has 0 bridgehead atoms. The first-order valence-corrected chi connectivity index (χ1v) is 6.45. The van der Waals surface area contributed by atoms with Crippen LogP contribution in [0.4, 0.5) is 5.82 Å². The van der Waals surface area contributed by atoms with E-state index in [1.54, 1.807) is 0 Å².